The number of carboxylic acid groups (broad SMARTS) is 1. The Hall–Kier alpha value is -2.70. The lowest BCUT2D eigenvalue weighted by molar-refractivity contribution is -0.141. The van der Waals surface area contributed by atoms with E-state index in [1.165, 1.54) is 6.92 Å². The molecule has 22 heavy (non-hydrogen) atoms. The van der Waals surface area contributed by atoms with Crippen LogP contribution in [0.5, 0.6) is 0 Å². The fourth-order valence-electron chi connectivity index (χ4n) is 1.72. The predicted molar refractivity (Wildman–Crippen MR) is 77.9 cm³/mol. The Morgan fingerprint density at radius 3 is 2.68 bits per heavy atom. The molecule has 1 unspecified atom stereocenters. The van der Waals surface area contributed by atoms with E-state index in [4.69, 9.17) is 9.52 Å². The molecule has 116 valence electrons. The molecule has 0 bridgehead atoms. The molecule has 1 heterocycles. The van der Waals surface area contributed by atoms with Crippen molar-refractivity contribution in [2.75, 3.05) is 6.54 Å². The lowest BCUT2D eigenvalue weighted by Crippen LogP contribution is -2.31. The van der Waals surface area contributed by atoms with Gasteiger partial charge >= 0.3 is 5.97 Å². The molecule has 2 rings (SSSR count). The highest BCUT2D eigenvalue weighted by Crippen LogP contribution is 2.17. The smallest absolute Gasteiger partial charge is 0.308 e. The monoisotopic (exact) mass is 303 g/mol. The van der Waals surface area contributed by atoms with Crippen LogP contribution in [0.25, 0.3) is 11.5 Å². The molecule has 0 radical (unpaired) electrons. The molecule has 0 saturated heterocycles. The molecule has 0 aliphatic rings. The normalized spacial score (nSPS) is 11.9. The van der Waals surface area contributed by atoms with E-state index < -0.39 is 11.9 Å². The number of aliphatic carboxylic acids is 1. The molecule has 2 aromatic rings. The van der Waals surface area contributed by atoms with Gasteiger partial charge in [-0.2, -0.15) is 0 Å². The number of rotatable bonds is 7. The number of carbonyl (C=O) groups excluding carboxylic acids is 1. The summed E-state index contributed by atoms with van der Waals surface area (Å²) in [4.78, 5) is 22.3. The highest BCUT2D eigenvalue weighted by Gasteiger charge is 2.13. The van der Waals surface area contributed by atoms with Gasteiger partial charge in [0.05, 0.1) is 5.92 Å². The van der Waals surface area contributed by atoms with Crippen LogP contribution in [0.2, 0.25) is 0 Å². The Bertz CT molecular complexity index is 639. The minimum Gasteiger partial charge on any atom is -0.481 e. The summed E-state index contributed by atoms with van der Waals surface area (Å²) in [6.45, 7) is 1.64. The fourth-order valence-corrected chi connectivity index (χ4v) is 1.72. The molecule has 1 aromatic heterocycles. The molecule has 2 N–H and O–H groups in total. The molecule has 0 aliphatic heterocycles. The maximum Gasteiger partial charge on any atom is 0.308 e. The minimum absolute atomic E-state index is 0.104. The number of hydrogen-bond donors (Lipinski definition) is 2. The lowest BCUT2D eigenvalue weighted by Gasteiger charge is -2.07. The van der Waals surface area contributed by atoms with Gasteiger partial charge in [0.25, 0.3) is 0 Å². The summed E-state index contributed by atoms with van der Waals surface area (Å²) in [6.07, 6.45) is 0.482. The number of nitrogens with one attached hydrogen (secondary N) is 1. The average Bonchev–Trinajstić information content (AvgIpc) is 3.00. The summed E-state index contributed by atoms with van der Waals surface area (Å²) in [5.41, 5.74) is 0.820. The van der Waals surface area contributed by atoms with Crippen LogP contribution in [0.15, 0.2) is 34.7 Å². The number of hydrogen-bond acceptors (Lipinski definition) is 5. The number of carboxylic acids is 1. The van der Waals surface area contributed by atoms with Gasteiger partial charge in [-0.1, -0.05) is 25.1 Å². The van der Waals surface area contributed by atoms with Crippen LogP contribution in [0, 0.1) is 5.92 Å². The van der Waals surface area contributed by atoms with E-state index in [9.17, 15) is 9.59 Å². The molecule has 0 fully saturated rings. The van der Waals surface area contributed by atoms with Crippen LogP contribution >= 0.6 is 0 Å². The van der Waals surface area contributed by atoms with Crippen LogP contribution in [0.4, 0.5) is 0 Å². The number of nitrogens with zero attached hydrogens (tertiary/aromatic N) is 2. The van der Waals surface area contributed by atoms with E-state index in [-0.39, 0.29) is 18.9 Å². The van der Waals surface area contributed by atoms with Crippen LogP contribution in [-0.2, 0) is 16.0 Å². The number of benzene rings is 1. The van der Waals surface area contributed by atoms with E-state index in [2.05, 4.69) is 15.5 Å². The second-order valence-electron chi connectivity index (χ2n) is 4.91. The molecule has 7 heteroatoms. The van der Waals surface area contributed by atoms with Crippen LogP contribution in [-0.4, -0.2) is 33.7 Å². The van der Waals surface area contributed by atoms with Crippen molar-refractivity contribution in [2.45, 2.75) is 19.8 Å². The van der Waals surface area contributed by atoms with Gasteiger partial charge in [0.1, 0.15) is 0 Å². The zero-order valence-corrected chi connectivity index (χ0v) is 12.2. The third-order valence-electron chi connectivity index (χ3n) is 3.08. The van der Waals surface area contributed by atoms with Crippen molar-refractivity contribution < 1.29 is 19.1 Å². The van der Waals surface area contributed by atoms with Crippen molar-refractivity contribution in [1.29, 1.82) is 0 Å². The summed E-state index contributed by atoms with van der Waals surface area (Å²) in [6, 6.07) is 9.35. The van der Waals surface area contributed by atoms with Crippen molar-refractivity contribution in [2.24, 2.45) is 5.92 Å². The first-order valence-corrected chi connectivity index (χ1v) is 6.93. The van der Waals surface area contributed by atoms with Gasteiger partial charge in [0, 0.05) is 24.9 Å². The Morgan fingerprint density at radius 1 is 1.27 bits per heavy atom. The average molecular weight is 303 g/mol. The van der Waals surface area contributed by atoms with Gasteiger partial charge in [-0.3, -0.25) is 9.59 Å². The molecule has 7 nitrogen and oxygen atoms in total. The van der Waals surface area contributed by atoms with Gasteiger partial charge in [0.15, 0.2) is 0 Å². The van der Waals surface area contributed by atoms with E-state index in [0.29, 0.717) is 18.2 Å². The van der Waals surface area contributed by atoms with Gasteiger partial charge < -0.3 is 14.8 Å². The molecule has 1 atom stereocenters. The standard InChI is InChI=1S/C15H17N3O4/c1-10(15(20)21)9-16-12(19)7-8-13-17-18-14(22-13)11-5-3-2-4-6-11/h2-6,10H,7-9H2,1H3,(H,16,19)(H,20,21). The van der Waals surface area contributed by atoms with Crippen molar-refractivity contribution in [3.63, 3.8) is 0 Å². The SMILES string of the molecule is CC(CNC(=O)CCc1nnc(-c2ccccc2)o1)C(=O)O. The number of carbonyl (C=O) groups is 2. The summed E-state index contributed by atoms with van der Waals surface area (Å²) in [5, 5.41) is 19.1. The summed E-state index contributed by atoms with van der Waals surface area (Å²) < 4.78 is 5.49. The first-order valence-electron chi connectivity index (χ1n) is 6.93. The highest BCUT2D eigenvalue weighted by atomic mass is 16.4. The highest BCUT2D eigenvalue weighted by molar-refractivity contribution is 5.77. The fraction of sp³-hybridized carbons (Fsp3) is 0.333. The van der Waals surface area contributed by atoms with Crippen molar-refractivity contribution >= 4 is 11.9 Å². The second kappa shape index (κ2) is 7.35. The number of aromatic nitrogens is 2. The third-order valence-corrected chi connectivity index (χ3v) is 3.08. The molecule has 1 aromatic carbocycles. The zero-order valence-electron chi connectivity index (χ0n) is 12.2. The first-order chi connectivity index (χ1) is 10.6. The molecule has 0 saturated carbocycles. The topological polar surface area (TPSA) is 105 Å². The van der Waals surface area contributed by atoms with Gasteiger partial charge in [0.2, 0.25) is 17.7 Å². The minimum atomic E-state index is -0.940. The van der Waals surface area contributed by atoms with Gasteiger partial charge in [-0.05, 0) is 12.1 Å². The Labute approximate surface area is 127 Å². The van der Waals surface area contributed by atoms with E-state index in [0.717, 1.165) is 5.56 Å². The molecular weight excluding hydrogens is 286 g/mol. The van der Waals surface area contributed by atoms with Crippen molar-refractivity contribution in [1.82, 2.24) is 15.5 Å². The van der Waals surface area contributed by atoms with Crippen molar-refractivity contribution in [3.8, 4) is 11.5 Å². The first kappa shape index (κ1) is 15.7. The summed E-state index contributed by atoms with van der Waals surface area (Å²) in [5.74, 6) is -1.01. The van der Waals surface area contributed by atoms with E-state index in [1.54, 1.807) is 0 Å². The maximum absolute atomic E-state index is 11.6. The Kier molecular flexibility index (Phi) is 5.24. The van der Waals surface area contributed by atoms with Crippen molar-refractivity contribution in [3.05, 3.63) is 36.2 Å². The largest absolute Gasteiger partial charge is 0.481 e. The van der Waals surface area contributed by atoms with Crippen LogP contribution < -0.4 is 5.32 Å². The number of amides is 1. The zero-order chi connectivity index (χ0) is 15.9. The summed E-state index contributed by atoms with van der Waals surface area (Å²) >= 11 is 0. The summed E-state index contributed by atoms with van der Waals surface area (Å²) in [7, 11) is 0. The van der Waals surface area contributed by atoms with E-state index >= 15 is 0 Å². The third kappa shape index (κ3) is 4.41. The number of aryl methyl sites for hydroxylation is 1. The van der Waals surface area contributed by atoms with Gasteiger partial charge in [-0.15, -0.1) is 10.2 Å². The predicted octanol–water partition coefficient (Wildman–Crippen LogP) is 1.51. The Morgan fingerprint density at radius 2 is 2.00 bits per heavy atom. The van der Waals surface area contributed by atoms with Gasteiger partial charge in [-0.25, -0.2) is 0 Å². The Balaban J connectivity index is 1.81. The van der Waals surface area contributed by atoms with E-state index in [1.807, 2.05) is 30.3 Å². The molecule has 1 amide bonds. The quantitative estimate of drug-likeness (QED) is 0.803. The molecular formula is C15H17N3O4. The molecule has 0 spiro atoms. The van der Waals surface area contributed by atoms with Crippen LogP contribution in [0.1, 0.15) is 19.2 Å². The second-order valence-corrected chi connectivity index (χ2v) is 4.91. The molecule has 0 aliphatic carbocycles. The lowest BCUT2D eigenvalue weighted by atomic mass is 10.2. The van der Waals surface area contributed by atoms with Crippen LogP contribution in [0.3, 0.4) is 0 Å². The maximum atomic E-state index is 11.6.